The maximum Gasteiger partial charge on any atom is 0.310 e. The highest BCUT2D eigenvalue weighted by atomic mass is 16.5. The Kier molecular flexibility index (Phi) is 5.88. The third kappa shape index (κ3) is 7.37. The van der Waals surface area contributed by atoms with Crippen LogP contribution in [0.25, 0.3) is 0 Å². The number of esters is 1. The molecule has 0 heterocycles. The summed E-state index contributed by atoms with van der Waals surface area (Å²) in [6.07, 6.45) is 0.778. The summed E-state index contributed by atoms with van der Waals surface area (Å²) in [4.78, 5) is 11.7. The number of nitrogens with two attached hydrogens (primary N) is 1. The molecule has 0 aromatic rings. The lowest BCUT2D eigenvalue weighted by atomic mass is 9.85. The predicted molar refractivity (Wildman–Crippen MR) is 62.4 cm³/mol. The fourth-order valence-electron chi connectivity index (χ4n) is 1.37. The molecule has 0 saturated heterocycles. The number of ether oxygens (including phenoxy) is 1. The Morgan fingerprint density at radius 3 is 2.20 bits per heavy atom. The first-order valence-corrected chi connectivity index (χ1v) is 5.63. The molecule has 0 aliphatic heterocycles. The molecule has 0 fully saturated rings. The minimum absolute atomic E-state index is 0.112. The van der Waals surface area contributed by atoms with E-state index < -0.39 is 0 Å². The van der Waals surface area contributed by atoms with Crippen LogP contribution in [-0.2, 0) is 9.53 Å². The lowest BCUT2D eigenvalue weighted by Crippen LogP contribution is -2.30. The van der Waals surface area contributed by atoms with Gasteiger partial charge in [-0.3, -0.25) is 4.79 Å². The van der Waals surface area contributed by atoms with Gasteiger partial charge in [-0.05, 0) is 17.8 Å². The van der Waals surface area contributed by atoms with Crippen molar-refractivity contribution in [2.24, 2.45) is 23.0 Å². The third-order valence-electron chi connectivity index (χ3n) is 2.04. The van der Waals surface area contributed by atoms with Crippen molar-refractivity contribution in [3.05, 3.63) is 0 Å². The largest absolute Gasteiger partial charge is 0.465 e. The second-order valence-electron chi connectivity index (χ2n) is 5.72. The highest BCUT2D eigenvalue weighted by molar-refractivity contribution is 5.72. The van der Waals surface area contributed by atoms with Crippen LogP contribution < -0.4 is 5.73 Å². The minimum atomic E-state index is -0.163. The zero-order valence-corrected chi connectivity index (χ0v) is 10.7. The fourth-order valence-corrected chi connectivity index (χ4v) is 1.37. The van der Waals surface area contributed by atoms with Gasteiger partial charge in [0, 0.05) is 6.54 Å². The molecule has 0 aromatic carbocycles. The SMILES string of the molecule is CC(C)COC(=O)C(CN)CC(C)(C)C. The Morgan fingerprint density at radius 1 is 1.33 bits per heavy atom. The van der Waals surface area contributed by atoms with Crippen molar-refractivity contribution in [2.45, 2.75) is 41.0 Å². The Morgan fingerprint density at radius 2 is 1.87 bits per heavy atom. The van der Waals surface area contributed by atoms with Gasteiger partial charge >= 0.3 is 5.97 Å². The monoisotopic (exact) mass is 215 g/mol. The van der Waals surface area contributed by atoms with Crippen LogP contribution in [0.1, 0.15) is 41.0 Å². The first kappa shape index (κ1) is 14.4. The number of hydrogen-bond acceptors (Lipinski definition) is 3. The van der Waals surface area contributed by atoms with Crippen molar-refractivity contribution in [3.8, 4) is 0 Å². The van der Waals surface area contributed by atoms with Gasteiger partial charge in [-0.1, -0.05) is 34.6 Å². The molecule has 15 heavy (non-hydrogen) atoms. The van der Waals surface area contributed by atoms with Gasteiger partial charge in [0.1, 0.15) is 0 Å². The van der Waals surface area contributed by atoms with E-state index in [0.29, 0.717) is 19.1 Å². The van der Waals surface area contributed by atoms with Gasteiger partial charge in [0.2, 0.25) is 0 Å². The van der Waals surface area contributed by atoms with Crippen LogP contribution in [-0.4, -0.2) is 19.1 Å². The molecule has 2 N–H and O–H groups in total. The molecule has 90 valence electrons. The number of rotatable bonds is 5. The van der Waals surface area contributed by atoms with Crippen LogP contribution in [0.5, 0.6) is 0 Å². The van der Waals surface area contributed by atoms with Crippen LogP contribution in [0.15, 0.2) is 0 Å². The predicted octanol–water partition coefficient (Wildman–Crippen LogP) is 2.20. The molecule has 0 rings (SSSR count). The van der Waals surface area contributed by atoms with Crippen molar-refractivity contribution in [2.75, 3.05) is 13.2 Å². The molecule has 0 bridgehead atoms. The Bertz CT molecular complexity index is 194. The quantitative estimate of drug-likeness (QED) is 0.715. The molecule has 0 aliphatic carbocycles. The molecule has 0 radical (unpaired) electrons. The summed E-state index contributed by atoms with van der Waals surface area (Å²) in [5, 5.41) is 0. The third-order valence-corrected chi connectivity index (χ3v) is 2.04. The molecule has 1 unspecified atom stereocenters. The average molecular weight is 215 g/mol. The van der Waals surface area contributed by atoms with E-state index in [1.54, 1.807) is 0 Å². The summed E-state index contributed by atoms with van der Waals surface area (Å²) in [5.74, 6) is 0.0619. The van der Waals surface area contributed by atoms with Gasteiger partial charge in [0.05, 0.1) is 12.5 Å². The van der Waals surface area contributed by atoms with Gasteiger partial charge < -0.3 is 10.5 Å². The highest BCUT2D eigenvalue weighted by Gasteiger charge is 2.24. The van der Waals surface area contributed by atoms with Crippen molar-refractivity contribution >= 4 is 5.97 Å². The Balaban J connectivity index is 4.11. The second kappa shape index (κ2) is 6.11. The van der Waals surface area contributed by atoms with E-state index >= 15 is 0 Å². The van der Waals surface area contributed by atoms with Crippen LogP contribution >= 0.6 is 0 Å². The van der Waals surface area contributed by atoms with Gasteiger partial charge in [-0.25, -0.2) is 0 Å². The number of carbonyl (C=O) groups excluding carboxylic acids is 1. The van der Waals surface area contributed by atoms with E-state index in [1.165, 1.54) is 0 Å². The molecule has 0 aromatic heterocycles. The molecular weight excluding hydrogens is 190 g/mol. The number of hydrogen-bond donors (Lipinski definition) is 1. The standard InChI is InChI=1S/C12H25NO2/c1-9(2)8-15-11(14)10(7-13)6-12(3,4)5/h9-10H,6-8,13H2,1-5H3. The van der Waals surface area contributed by atoms with Crippen LogP contribution in [0.3, 0.4) is 0 Å². The molecule has 3 heteroatoms. The zero-order valence-electron chi connectivity index (χ0n) is 10.7. The van der Waals surface area contributed by atoms with Crippen LogP contribution in [0, 0.1) is 17.3 Å². The van der Waals surface area contributed by atoms with E-state index in [4.69, 9.17) is 10.5 Å². The molecular formula is C12H25NO2. The summed E-state index contributed by atoms with van der Waals surface area (Å²) in [7, 11) is 0. The minimum Gasteiger partial charge on any atom is -0.465 e. The number of carbonyl (C=O) groups is 1. The maximum atomic E-state index is 11.7. The van der Waals surface area contributed by atoms with Gasteiger partial charge in [0.25, 0.3) is 0 Å². The van der Waals surface area contributed by atoms with Crippen LogP contribution in [0.2, 0.25) is 0 Å². The molecule has 1 atom stereocenters. The first-order chi connectivity index (χ1) is 6.76. The fraction of sp³-hybridized carbons (Fsp3) is 0.917. The molecule has 0 spiro atoms. The molecule has 0 aliphatic rings. The van der Waals surface area contributed by atoms with E-state index in [0.717, 1.165) is 6.42 Å². The van der Waals surface area contributed by atoms with E-state index in [1.807, 2.05) is 13.8 Å². The van der Waals surface area contributed by atoms with Crippen molar-refractivity contribution in [1.82, 2.24) is 0 Å². The van der Waals surface area contributed by atoms with E-state index in [2.05, 4.69) is 20.8 Å². The van der Waals surface area contributed by atoms with E-state index in [9.17, 15) is 4.79 Å². The topological polar surface area (TPSA) is 52.3 Å². The Labute approximate surface area is 93.4 Å². The lowest BCUT2D eigenvalue weighted by Gasteiger charge is -2.24. The van der Waals surface area contributed by atoms with Crippen LogP contribution in [0.4, 0.5) is 0 Å². The summed E-state index contributed by atoms with van der Waals surface area (Å²) >= 11 is 0. The maximum absolute atomic E-state index is 11.7. The summed E-state index contributed by atoms with van der Waals surface area (Å²) in [6.45, 7) is 11.2. The molecule has 0 saturated carbocycles. The Hall–Kier alpha value is -0.570. The molecule has 0 amide bonds. The average Bonchev–Trinajstić information content (AvgIpc) is 2.08. The summed E-state index contributed by atoms with van der Waals surface area (Å²) in [5.41, 5.74) is 5.70. The van der Waals surface area contributed by atoms with Crippen molar-refractivity contribution in [3.63, 3.8) is 0 Å². The zero-order chi connectivity index (χ0) is 12.1. The first-order valence-electron chi connectivity index (χ1n) is 5.63. The smallest absolute Gasteiger partial charge is 0.310 e. The second-order valence-corrected chi connectivity index (χ2v) is 5.72. The lowest BCUT2D eigenvalue weighted by molar-refractivity contribution is -0.150. The van der Waals surface area contributed by atoms with Gasteiger partial charge in [0.15, 0.2) is 0 Å². The normalized spacial score (nSPS) is 14.1. The summed E-state index contributed by atoms with van der Waals surface area (Å²) in [6, 6.07) is 0. The van der Waals surface area contributed by atoms with Crippen molar-refractivity contribution in [1.29, 1.82) is 0 Å². The van der Waals surface area contributed by atoms with Gasteiger partial charge in [-0.15, -0.1) is 0 Å². The van der Waals surface area contributed by atoms with Gasteiger partial charge in [-0.2, -0.15) is 0 Å². The highest BCUT2D eigenvalue weighted by Crippen LogP contribution is 2.24. The summed E-state index contributed by atoms with van der Waals surface area (Å²) < 4.78 is 5.18. The molecule has 3 nitrogen and oxygen atoms in total. The van der Waals surface area contributed by atoms with E-state index in [-0.39, 0.29) is 17.3 Å². The van der Waals surface area contributed by atoms with Crippen molar-refractivity contribution < 1.29 is 9.53 Å².